The van der Waals surface area contributed by atoms with Gasteiger partial charge in [0.05, 0.1) is 5.00 Å². The zero-order chi connectivity index (χ0) is 18.4. The van der Waals surface area contributed by atoms with E-state index in [2.05, 4.69) is 38.0 Å². The third-order valence-corrected chi connectivity index (χ3v) is 5.51. The Balaban J connectivity index is 0.00000261. The molecule has 2 N–H and O–H groups in total. The fraction of sp³-hybridized carbons (Fsp3) is 0.421. The predicted molar refractivity (Wildman–Crippen MR) is 120 cm³/mol. The first kappa shape index (κ1) is 21.9. The van der Waals surface area contributed by atoms with Gasteiger partial charge in [0, 0.05) is 38.8 Å². The molecule has 0 bridgehead atoms. The highest BCUT2D eigenvalue weighted by Crippen LogP contribution is 2.24. The standard InChI is InChI=1S/C19H24F2N4S.HI/c1-22-19(23-9-6-14-4-5-15(20)13-17(14)21)24-16-7-10-25(11-8-16)18-3-2-12-26-18;/h2-5,12-13,16H,6-11H2,1H3,(H2,22,23,24);1H. The molecule has 27 heavy (non-hydrogen) atoms. The van der Waals surface area contributed by atoms with Crippen LogP contribution in [0.5, 0.6) is 0 Å². The predicted octanol–water partition coefficient (Wildman–Crippen LogP) is 4.02. The van der Waals surface area contributed by atoms with Crippen molar-refractivity contribution >= 4 is 46.3 Å². The fourth-order valence-corrected chi connectivity index (χ4v) is 3.91. The van der Waals surface area contributed by atoms with E-state index in [1.165, 1.54) is 17.1 Å². The minimum absolute atomic E-state index is 0. The van der Waals surface area contributed by atoms with Crippen LogP contribution in [0.3, 0.4) is 0 Å². The lowest BCUT2D eigenvalue weighted by Gasteiger charge is -2.33. The number of nitrogens with one attached hydrogen (secondary N) is 2. The molecule has 0 atom stereocenters. The van der Waals surface area contributed by atoms with Crippen LogP contribution in [-0.4, -0.2) is 38.7 Å². The van der Waals surface area contributed by atoms with Crippen LogP contribution in [-0.2, 0) is 6.42 Å². The van der Waals surface area contributed by atoms with E-state index in [-0.39, 0.29) is 24.0 Å². The molecule has 0 spiro atoms. The normalized spacial score (nSPS) is 15.4. The molecular formula is C19H25F2IN4S. The summed E-state index contributed by atoms with van der Waals surface area (Å²) in [4.78, 5) is 6.66. The molecule has 0 saturated carbocycles. The minimum Gasteiger partial charge on any atom is -0.363 e. The monoisotopic (exact) mass is 506 g/mol. The molecule has 2 aromatic rings. The largest absolute Gasteiger partial charge is 0.363 e. The lowest BCUT2D eigenvalue weighted by molar-refractivity contribution is 0.463. The van der Waals surface area contributed by atoms with Crippen LogP contribution < -0.4 is 15.5 Å². The van der Waals surface area contributed by atoms with E-state index < -0.39 is 11.6 Å². The molecule has 1 aromatic carbocycles. The Hall–Kier alpha value is -1.42. The second kappa shape index (κ2) is 10.8. The molecule has 1 aliphatic heterocycles. The van der Waals surface area contributed by atoms with Crippen LogP contribution in [0.4, 0.5) is 13.8 Å². The highest BCUT2D eigenvalue weighted by molar-refractivity contribution is 14.0. The lowest BCUT2D eigenvalue weighted by Crippen LogP contribution is -2.49. The van der Waals surface area contributed by atoms with Crippen molar-refractivity contribution in [3.05, 3.63) is 52.9 Å². The highest BCUT2D eigenvalue weighted by atomic mass is 127. The van der Waals surface area contributed by atoms with Gasteiger partial charge in [-0.25, -0.2) is 8.78 Å². The Kier molecular flexibility index (Phi) is 8.75. The average molecular weight is 506 g/mol. The van der Waals surface area contributed by atoms with Crippen molar-refractivity contribution in [3.63, 3.8) is 0 Å². The smallest absolute Gasteiger partial charge is 0.191 e. The number of rotatable bonds is 5. The van der Waals surface area contributed by atoms with Crippen molar-refractivity contribution in [2.45, 2.75) is 25.3 Å². The summed E-state index contributed by atoms with van der Waals surface area (Å²) in [5.74, 6) is -0.330. The van der Waals surface area contributed by atoms with E-state index in [9.17, 15) is 8.78 Å². The van der Waals surface area contributed by atoms with E-state index in [0.717, 1.165) is 38.0 Å². The molecule has 1 aliphatic rings. The number of piperidine rings is 1. The topological polar surface area (TPSA) is 39.7 Å². The van der Waals surface area contributed by atoms with Crippen molar-refractivity contribution in [2.75, 3.05) is 31.6 Å². The van der Waals surface area contributed by atoms with E-state index in [1.807, 2.05) is 0 Å². The Bertz CT molecular complexity index is 731. The molecule has 1 fully saturated rings. The molecule has 3 rings (SSSR count). The van der Waals surface area contributed by atoms with Gasteiger partial charge in [-0.1, -0.05) is 6.07 Å². The number of nitrogens with zero attached hydrogens (tertiary/aromatic N) is 2. The maximum atomic E-state index is 13.7. The van der Waals surface area contributed by atoms with Crippen LogP contribution in [0.1, 0.15) is 18.4 Å². The van der Waals surface area contributed by atoms with Crippen molar-refractivity contribution in [1.82, 2.24) is 10.6 Å². The maximum Gasteiger partial charge on any atom is 0.191 e. The number of aliphatic imine (C=N–C) groups is 1. The molecule has 148 valence electrons. The molecule has 2 heterocycles. The van der Waals surface area contributed by atoms with Crippen LogP contribution in [0.25, 0.3) is 0 Å². The summed E-state index contributed by atoms with van der Waals surface area (Å²) in [6.07, 6.45) is 2.57. The number of guanidine groups is 1. The number of anilines is 1. The molecule has 1 saturated heterocycles. The first-order chi connectivity index (χ1) is 12.7. The van der Waals surface area contributed by atoms with E-state index >= 15 is 0 Å². The number of hydrogen-bond donors (Lipinski definition) is 2. The zero-order valence-electron chi connectivity index (χ0n) is 15.3. The van der Waals surface area contributed by atoms with Crippen LogP contribution in [0.15, 0.2) is 40.7 Å². The average Bonchev–Trinajstić information content (AvgIpc) is 3.18. The molecule has 0 radical (unpaired) electrons. The van der Waals surface area contributed by atoms with Crippen LogP contribution in [0, 0.1) is 11.6 Å². The van der Waals surface area contributed by atoms with E-state index in [1.54, 1.807) is 18.4 Å². The SMILES string of the molecule is CN=C(NCCc1ccc(F)cc1F)NC1CCN(c2cccs2)CC1.I. The summed E-state index contributed by atoms with van der Waals surface area (Å²) in [5, 5.41) is 10.1. The number of halogens is 3. The summed E-state index contributed by atoms with van der Waals surface area (Å²) in [7, 11) is 1.73. The van der Waals surface area contributed by atoms with Gasteiger partial charge < -0.3 is 15.5 Å². The van der Waals surface area contributed by atoms with Gasteiger partial charge in [0.25, 0.3) is 0 Å². The van der Waals surface area contributed by atoms with Crippen molar-refractivity contribution in [1.29, 1.82) is 0 Å². The molecule has 1 aromatic heterocycles. The van der Waals surface area contributed by atoms with Crippen molar-refractivity contribution < 1.29 is 8.78 Å². The molecule has 0 aliphatic carbocycles. The third-order valence-electron chi connectivity index (χ3n) is 4.58. The Morgan fingerprint density at radius 1 is 1.26 bits per heavy atom. The minimum atomic E-state index is -0.550. The fourth-order valence-electron chi connectivity index (χ4n) is 3.12. The van der Waals surface area contributed by atoms with Gasteiger partial charge in [-0.05, 0) is 48.4 Å². The van der Waals surface area contributed by atoms with Crippen LogP contribution >= 0.6 is 35.3 Å². The van der Waals surface area contributed by atoms with Gasteiger partial charge in [-0.15, -0.1) is 35.3 Å². The highest BCUT2D eigenvalue weighted by Gasteiger charge is 2.20. The maximum absolute atomic E-state index is 13.7. The van der Waals surface area contributed by atoms with Gasteiger partial charge in [0.1, 0.15) is 11.6 Å². The zero-order valence-corrected chi connectivity index (χ0v) is 18.4. The third kappa shape index (κ3) is 6.31. The van der Waals surface area contributed by atoms with Gasteiger partial charge in [0.2, 0.25) is 0 Å². The molecule has 0 unspecified atom stereocenters. The quantitative estimate of drug-likeness (QED) is 0.366. The summed E-state index contributed by atoms with van der Waals surface area (Å²) < 4.78 is 26.6. The molecule has 8 heteroatoms. The number of hydrogen-bond acceptors (Lipinski definition) is 3. The summed E-state index contributed by atoms with van der Waals surface area (Å²) >= 11 is 1.78. The molecular weight excluding hydrogens is 481 g/mol. The van der Waals surface area contributed by atoms with Gasteiger partial charge in [-0.2, -0.15) is 0 Å². The lowest BCUT2D eigenvalue weighted by atomic mass is 10.1. The van der Waals surface area contributed by atoms with Gasteiger partial charge >= 0.3 is 0 Å². The second-order valence-electron chi connectivity index (χ2n) is 6.34. The Morgan fingerprint density at radius 2 is 2.04 bits per heavy atom. The van der Waals surface area contributed by atoms with Crippen molar-refractivity contribution in [2.24, 2.45) is 4.99 Å². The second-order valence-corrected chi connectivity index (χ2v) is 7.27. The van der Waals surface area contributed by atoms with E-state index in [0.29, 0.717) is 24.6 Å². The van der Waals surface area contributed by atoms with E-state index in [4.69, 9.17) is 0 Å². The number of thiophene rings is 1. The summed E-state index contributed by atoms with van der Waals surface area (Å²) in [5.41, 5.74) is 0.499. The first-order valence-corrected chi connectivity index (χ1v) is 9.73. The first-order valence-electron chi connectivity index (χ1n) is 8.85. The molecule has 4 nitrogen and oxygen atoms in total. The number of benzene rings is 1. The Morgan fingerprint density at radius 3 is 2.67 bits per heavy atom. The van der Waals surface area contributed by atoms with Gasteiger partial charge in [0.15, 0.2) is 5.96 Å². The van der Waals surface area contributed by atoms with Crippen molar-refractivity contribution in [3.8, 4) is 0 Å². The summed E-state index contributed by atoms with van der Waals surface area (Å²) in [6, 6.07) is 8.31. The Labute approximate surface area is 180 Å². The summed E-state index contributed by atoms with van der Waals surface area (Å²) in [6.45, 7) is 2.59. The molecule has 0 amide bonds. The van der Waals surface area contributed by atoms with Gasteiger partial charge in [-0.3, -0.25) is 4.99 Å². The van der Waals surface area contributed by atoms with Crippen LogP contribution in [0.2, 0.25) is 0 Å².